The summed E-state index contributed by atoms with van der Waals surface area (Å²) in [7, 11) is 0. The van der Waals surface area contributed by atoms with Crippen LogP contribution in [-0.2, 0) is 4.79 Å². The third kappa shape index (κ3) is 4.82. The van der Waals surface area contributed by atoms with Gasteiger partial charge in [0.25, 0.3) is 0 Å². The molecule has 1 fully saturated rings. The summed E-state index contributed by atoms with van der Waals surface area (Å²) in [5, 5.41) is 15.2. The average molecular weight is 404 g/mol. The van der Waals surface area contributed by atoms with Crippen LogP contribution in [0.25, 0.3) is 10.8 Å². The number of benzene rings is 3. The molecule has 4 rings (SSSR count). The van der Waals surface area contributed by atoms with E-state index < -0.39 is 5.97 Å². The van der Waals surface area contributed by atoms with Gasteiger partial charge in [-0.25, -0.2) is 4.79 Å². The third-order valence-corrected chi connectivity index (χ3v) is 6.16. The molecule has 0 amide bonds. The zero-order valence-corrected chi connectivity index (χ0v) is 17.4. The van der Waals surface area contributed by atoms with Gasteiger partial charge in [0.05, 0.1) is 0 Å². The maximum Gasteiger partial charge on any atom is 0.341 e. The fourth-order valence-electron chi connectivity index (χ4n) is 4.70. The van der Waals surface area contributed by atoms with Crippen LogP contribution >= 0.6 is 0 Å². The van der Waals surface area contributed by atoms with Gasteiger partial charge in [-0.2, -0.15) is 0 Å². The molecule has 4 heteroatoms. The zero-order chi connectivity index (χ0) is 20.9. The Morgan fingerprint density at radius 3 is 2.63 bits per heavy atom. The van der Waals surface area contributed by atoms with Crippen molar-refractivity contribution in [1.82, 2.24) is 5.32 Å². The number of carboxylic acids is 1. The summed E-state index contributed by atoms with van der Waals surface area (Å²) in [6.45, 7) is 1.96. The van der Waals surface area contributed by atoms with E-state index in [1.807, 2.05) is 12.1 Å². The van der Waals surface area contributed by atoms with Crippen LogP contribution < -0.4 is 10.1 Å². The van der Waals surface area contributed by atoms with Crippen LogP contribution in [0, 0.1) is 0 Å². The number of hydrogen-bond acceptors (Lipinski definition) is 3. The molecule has 1 aliphatic rings. The number of rotatable bonds is 7. The Labute approximate surface area is 177 Å². The Balaban J connectivity index is 1.41. The SMILES string of the molecule is CC(NC1CCCC(c2ccc(OCC(=O)O)cc2)C1)c1cccc2ccccc12. The predicted octanol–water partition coefficient (Wildman–Crippen LogP) is 5.68. The van der Waals surface area contributed by atoms with Crippen molar-refractivity contribution in [2.75, 3.05) is 6.61 Å². The molecule has 1 saturated carbocycles. The molecule has 0 heterocycles. The highest BCUT2D eigenvalue weighted by Crippen LogP contribution is 2.35. The van der Waals surface area contributed by atoms with Crippen molar-refractivity contribution < 1.29 is 14.6 Å². The Morgan fingerprint density at radius 1 is 1.07 bits per heavy atom. The van der Waals surface area contributed by atoms with Crippen molar-refractivity contribution in [3.8, 4) is 5.75 Å². The van der Waals surface area contributed by atoms with E-state index >= 15 is 0 Å². The number of nitrogens with one attached hydrogen (secondary N) is 1. The molecule has 3 aromatic rings. The molecule has 3 unspecified atom stereocenters. The lowest BCUT2D eigenvalue weighted by Gasteiger charge is -2.32. The number of hydrogen-bond donors (Lipinski definition) is 2. The highest BCUT2D eigenvalue weighted by Gasteiger charge is 2.25. The molecular weight excluding hydrogens is 374 g/mol. The summed E-state index contributed by atoms with van der Waals surface area (Å²) in [4.78, 5) is 10.7. The fourth-order valence-corrected chi connectivity index (χ4v) is 4.70. The molecule has 0 bridgehead atoms. The normalized spacial score (nSPS) is 20.0. The number of carboxylic acid groups (broad SMARTS) is 1. The predicted molar refractivity (Wildman–Crippen MR) is 120 cm³/mol. The van der Waals surface area contributed by atoms with E-state index in [9.17, 15) is 4.79 Å². The third-order valence-electron chi connectivity index (χ3n) is 6.16. The number of carbonyl (C=O) groups is 1. The summed E-state index contributed by atoms with van der Waals surface area (Å²) in [6.07, 6.45) is 4.72. The first kappa shape index (κ1) is 20.4. The minimum atomic E-state index is -0.958. The molecular formula is C26H29NO3. The van der Waals surface area contributed by atoms with E-state index in [2.05, 4.69) is 66.8 Å². The Bertz CT molecular complexity index is 993. The molecule has 0 aliphatic heterocycles. The standard InChI is InChI=1S/C26H29NO3/c1-18(24-11-5-7-20-6-2-3-10-25(20)24)27-22-9-4-8-21(16-22)19-12-14-23(15-13-19)30-17-26(28)29/h2-3,5-7,10-15,18,21-22,27H,4,8-9,16-17H2,1H3,(H,28,29). The molecule has 3 aromatic carbocycles. The molecule has 1 aliphatic carbocycles. The average Bonchev–Trinajstić information content (AvgIpc) is 2.78. The Hall–Kier alpha value is -2.85. The summed E-state index contributed by atoms with van der Waals surface area (Å²) >= 11 is 0. The summed E-state index contributed by atoms with van der Waals surface area (Å²) < 4.78 is 5.26. The molecule has 2 N–H and O–H groups in total. The van der Waals surface area contributed by atoms with Gasteiger partial charge >= 0.3 is 5.97 Å². The van der Waals surface area contributed by atoms with E-state index in [4.69, 9.17) is 9.84 Å². The fraction of sp³-hybridized carbons (Fsp3) is 0.346. The largest absolute Gasteiger partial charge is 0.482 e. The zero-order valence-electron chi connectivity index (χ0n) is 17.4. The van der Waals surface area contributed by atoms with Crippen LogP contribution in [0.4, 0.5) is 0 Å². The lowest BCUT2D eigenvalue weighted by atomic mass is 9.81. The van der Waals surface area contributed by atoms with Crippen LogP contribution in [0.2, 0.25) is 0 Å². The quantitative estimate of drug-likeness (QED) is 0.533. The molecule has 0 spiro atoms. The van der Waals surface area contributed by atoms with E-state index in [0.29, 0.717) is 23.8 Å². The van der Waals surface area contributed by atoms with Gasteiger partial charge in [0.2, 0.25) is 0 Å². The van der Waals surface area contributed by atoms with Crippen molar-refractivity contribution in [2.24, 2.45) is 0 Å². The van der Waals surface area contributed by atoms with Crippen LogP contribution in [0.15, 0.2) is 66.7 Å². The maximum absolute atomic E-state index is 10.7. The first-order chi connectivity index (χ1) is 14.6. The van der Waals surface area contributed by atoms with Crippen LogP contribution in [0.1, 0.15) is 55.7 Å². The molecule has 0 aromatic heterocycles. The minimum Gasteiger partial charge on any atom is -0.482 e. The van der Waals surface area contributed by atoms with E-state index in [1.54, 1.807) is 0 Å². The summed E-state index contributed by atoms with van der Waals surface area (Å²) in [5.41, 5.74) is 2.66. The van der Waals surface area contributed by atoms with Crippen molar-refractivity contribution in [2.45, 2.75) is 50.6 Å². The first-order valence-electron chi connectivity index (χ1n) is 10.8. The first-order valence-corrected chi connectivity index (χ1v) is 10.8. The van der Waals surface area contributed by atoms with Gasteiger partial charge < -0.3 is 15.2 Å². The lowest BCUT2D eigenvalue weighted by molar-refractivity contribution is -0.139. The molecule has 156 valence electrons. The van der Waals surface area contributed by atoms with Gasteiger partial charge in [0, 0.05) is 12.1 Å². The maximum atomic E-state index is 10.7. The van der Waals surface area contributed by atoms with Gasteiger partial charge in [0.1, 0.15) is 5.75 Å². The van der Waals surface area contributed by atoms with Gasteiger partial charge in [-0.1, -0.05) is 61.0 Å². The van der Waals surface area contributed by atoms with Crippen molar-refractivity contribution in [3.63, 3.8) is 0 Å². The molecule has 0 saturated heterocycles. The van der Waals surface area contributed by atoms with Gasteiger partial charge in [-0.15, -0.1) is 0 Å². The summed E-state index contributed by atoms with van der Waals surface area (Å²) in [6, 6.07) is 23.8. The van der Waals surface area contributed by atoms with E-state index in [-0.39, 0.29) is 6.61 Å². The Kier molecular flexibility index (Phi) is 6.34. The Morgan fingerprint density at radius 2 is 1.83 bits per heavy atom. The smallest absolute Gasteiger partial charge is 0.341 e. The number of aliphatic carboxylic acids is 1. The lowest BCUT2D eigenvalue weighted by Crippen LogP contribution is -2.35. The van der Waals surface area contributed by atoms with E-state index in [1.165, 1.54) is 41.2 Å². The topological polar surface area (TPSA) is 58.6 Å². The van der Waals surface area contributed by atoms with Gasteiger partial charge in [-0.3, -0.25) is 0 Å². The highest BCUT2D eigenvalue weighted by molar-refractivity contribution is 5.86. The van der Waals surface area contributed by atoms with Crippen molar-refractivity contribution >= 4 is 16.7 Å². The second kappa shape index (κ2) is 9.31. The monoisotopic (exact) mass is 403 g/mol. The molecule has 3 atom stereocenters. The van der Waals surface area contributed by atoms with Gasteiger partial charge in [-0.05, 0) is 66.1 Å². The minimum absolute atomic E-state index is 0.298. The number of ether oxygens (including phenoxy) is 1. The molecule has 30 heavy (non-hydrogen) atoms. The van der Waals surface area contributed by atoms with Crippen molar-refractivity contribution in [3.05, 3.63) is 77.9 Å². The second-order valence-electron chi connectivity index (χ2n) is 8.27. The summed E-state index contributed by atoms with van der Waals surface area (Å²) in [5.74, 6) is 0.168. The van der Waals surface area contributed by atoms with Gasteiger partial charge in [0.15, 0.2) is 6.61 Å². The van der Waals surface area contributed by atoms with Crippen molar-refractivity contribution in [1.29, 1.82) is 0 Å². The highest BCUT2D eigenvalue weighted by atomic mass is 16.5. The van der Waals surface area contributed by atoms with E-state index in [0.717, 1.165) is 6.42 Å². The van der Waals surface area contributed by atoms with Crippen LogP contribution in [-0.4, -0.2) is 23.7 Å². The van der Waals surface area contributed by atoms with Crippen LogP contribution in [0.5, 0.6) is 5.75 Å². The molecule has 0 radical (unpaired) electrons. The number of fused-ring (bicyclic) bond motifs is 1. The molecule has 4 nitrogen and oxygen atoms in total. The van der Waals surface area contributed by atoms with Crippen LogP contribution in [0.3, 0.4) is 0 Å². The second-order valence-corrected chi connectivity index (χ2v) is 8.27.